The minimum absolute atomic E-state index is 0.0678. The molecule has 0 saturated heterocycles. The van der Waals surface area contributed by atoms with Crippen LogP contribution < -0.4 is 5.32 Å². The standard InChI is InChI=1S/C22H25N5O5S/c1-5-27-18(12-17-7-6-8-26(17)2)24-25-22(27)33-13-19(28)23-16-10-14(20(29)31-3)9-15(11-16)21(30)32-4/h6-11H,5,12-13H2,1-4H3,(H,23,28). The molecule has 2 heterocycles. The number of amides is 1. The van der Waals surface area contributed by atoms with E-state index in [1.165, 1.54) is 44.2 Å². The summed E-state index contributed by atoms with van der Waals surface area (Å²) in [7, 11) is 4.44. The molecule has 3 aromatic rings. The molecule has 1 aromatic carbocycles. The number of carbonyl (C=O) groups excluding carboxylic acids is 3. The molecule has 1 amide bonds. The van der Waals surface area contributed by atoms with Crippen molar-refractivity contribution >= 4 is 35.3 Å². The number of anilines is 1. The molecular formula is C22H25N5O5S. The van der Waals surface area contributed by atoms with Crippen molar-refractivity contribution < 1.29 is 23.9 Å². The van der Waals surface area contributed by atoms with Crippen LogP contribution in [-0.2, 0) is 34.3 Å². The molecule has 0 atom stereocenters. The summed E-state index contributed by atoms with van der Waals surface area (Å²) in [4.78, 5) is 36.4. The van der Waals surface area contributed by atoms with E-state index in [0.29, 0.717) is 18.1 Å². The predicted octanol–water partition coefficient (Wildman–Crippen LogP) is 2.53. The van der Waals surface area contributed by atoms with Crippen molar-refractivity contribution in [1.29, 1.82) is 0 Å². The lowest BCUT2D eigenvalue weighted by atomic mass is 10.1. The summed E-state index contributed by atoms with van der Waals surface area (Å²) in [6.07, 6.45) is 2.61. The highest BCUT2D eigenvalue weighted by molar-refractivity contribution is 7.99. The summed E-state index contributed by atoms with van der Waals surface area (Å²) < 4.78 is 13.4. The molecule has 3 rings (SSSR count). The molecule has 0 spiro atoms. The first-order valence-electron chi connectivity index (χ1n) is 10.1. The molecule has 0 fully saturated rings. The van der Waals surface area contributed by atoms with Crippen LogP contribution in [-0.4, -0.2) is 57.1 Å². The highest BCUT2D eigenvalue weighted by Gasteiger charge is 2.17. The normalized spacial score (nSPS) is 10.7. The smallest absolute Gasteiger partial charge is 0.337 e. The molecule has 1 N–H and O–H groups in total. The third-order valence-corrected chi connectivity index (χ3v) is 5.86. The number of ether oxygens (including phenoxy) is 2. The van der Waals surface area contributed by atoms with Gasteiger partial charge in [0.05, 0.1) is 31.1 Å². The molecule has 33 heavy (non-hydrogen) atoms. The molecule has 0 bridgehead atoms. The topological polar surface area (TPSA) is 117 Å². The first-order valence-corrected chi connectivity index (χ1v) is 11.1. The maximum absolute atomic E-state index is 12.6. The van der Waals surface area contributed by atoms with Crippen molar-refractivity contribution in [3.63, 3.8) is 0 Å². The Labute approximate surface area is 195 Å². The molecule has 11 heteroatoms. The van der Waals surface area contributed by atoms with Crippen LogP contribution in [0, 0.1) is 0 Å². The Bertz CT molecular complexity index is 1140. The van der Waals surface area contributed by atoms with E-state index in [-0.39, 0.29) is 28.5 Å². The summed E-state index contributed by atoms with van der Waals surface area (Å²) in [5, 5.41) is 11.9. The second-order valence-electron chi connectivity index (χ2n) is 7.05. The number of thioether (sulfide) groups is 1. The van der Waals surface area contributed by atoms with Gasteiger partial charge in [0.25, 0.3) is 0 Å². The minimum Gasteiger partial charge on any atom is -0.465 e. The third-order valence-electron chi connectivity index (χ3n) is 4.89. The van der Waals surface area contributed by atoms with Gasteiger partial charge in [0, 0.05) is 37.6 Å². The van der Waals surface area contributed by atoms with E-state index in [1.54, 1.807) is 0 Å². The molecule has 10 nitrogen and oxygen atoms in total. The van der Waals surface area contributed by atoms with Crippen molar-refractivity contribution in [1.82, 2.24) is 19.3 Å². The van der Waals surface area contributed by atoms with Crippen LogP contribution in [0.25, 0.3) is 0 Å². The van der Waals surface area contributed by atoms with Gasteiger partial charge in [0.2, 0.25) is 5.91 Å². The van der Waals surface area contributed by atoms with Crippen molar-refractivity contribution in [3.05, 3.63) is 59.2 Å². The van der Waals surface area contributed by atoms with Crippen molar-refractivity contribution in [3.8, 4) is 0 Å². The van der Waals surface area contributed by atoms with E-state index in [2.05, 4.69) is 15.5 Å². The van der Waals surface area contributed by atoms with Crippen LogP contribution in [0.4, 0.5) is 5.69 Å². The average Bonchev–Trinajstić information content (AvgIpc) is 3.41. The van der Waals surface area contributed by atoms with Gasteiger partial charge in [-0.25, -0.2) is 9.59 Å². The van der Waals surface area contributed by atoms with Gasteiger partial charge in [0.15, 0.2) is 5.16 Å². The van der Waals surface area contributed by atoms with Gasteiger partial charge >= 0.3 is 11.9 Å². The van der Waals surface area contributed by atoms with Crippen LogP contribution in [0.1, 0.15) is 39.2 Å². The molecule has 0 saturated carbocycles. The Balaban J connectivity index is 1.70. The molecule has 0 aliphatic carbocycles. The molecule has 0 aliphatic rings. The SMILES string of the molecule is CCn1c(Cc2cccn2C)nnc1SCC(=O)Nc1cc(C(=O)OC)cc(C(=O)OC)c1. The Morgan fingerprint density at radius 1 is 1.06 bits per heavy atom. The second-order valence-corrected chi connectivity index (χ2v) is 7.99. The number of methoxy groups -OCH3 is 2. The zero-order valence-electron chi connectivity index (χ0n) is 18.8. The zero-order chi connectivity index (χ0) is 24.0. The van der Waals surface area contributed by atoms with Gasteiger partial charge in [-0.15, -0.1) is 10.2 Å². The second kappa shape index (κ2) is 10.8. The van der Waals surface area contributed by atoms with E-state index in [4.69, 9.17) is 9.47 Å². The summed E-state index contributed by atoms with van der Waals surface area (Å²) in [5.74, 6) is -0.707. The predicted molar refractivity (Wildman–Crippen MR) is 122 cm³/mol. The van der Waals surface area contributed by atoms with Gasteiger partial charge in [-0.2, -0.15) is 0 Å². The molecule has 0 radical (unpaired) electrons. The minimum atomic E-state index is -0.632. The Hall–Kier alpha value is -3.60. The van der Waals surface area contributed by atoms with Crippen LogP contribution >= 0.6 is 11.8 Å². The van der Waals surface area contributed by atoms with Crippen LogP contribution in [0.15, 0.2) is 41.7 Å². The Morgan fingerprint density at radius 3 is 2.27 bits per heavy atom. The van der Waals surface area contributed by atoms with Crippen molar-refractivity contribution in [2.75, 3.05) is 25.3 Å². The lowest BCUT2D eigenvalue weighted by molar-refractivity contribution is -0.113. The Morgan fingerprint density at radius 2 is 1.73 bits per heavy atom. The fourth-order valence-corrected chi connectivity index (χ4v) is 4.04. The van der Waals surface area contributed by atoms with Gasteiger partial charge in [-0.05, 0) is 37.3 Å². The first-order chi connectivity index (χ1) is 15.9. The highest BCUT2D eigenvalue weighted by Crippen LogP contribution is 2.21. The molecule has 2 aromatic heterocycles. The van der Waals surface area contributed by atoms with Crippen LogP contribution in [0.5, 0.6) is 0 Å². The number of hydrogen-bond donors (Lipinski definition) is 1. The van der Waals surface area contributed by atoms with Crippen molar-refractivity contribution in [2.45, 2.75) is 25.0 Å². The monoisotopic (exact) mass is 471 g/mol. The number of rotatable bonds is 9. The van der Waals surface area contributed by atoms with Gasteiger partial charge in [-0.3, -0.25) is 4.79 Å². The molecular weight excluding hydrogens is 446 g/mol. The van der Waals surface area contributed by atoms with Crippen LogP contribution in [0.3, 0.4) is 0 Å². The summed E-state index contributed by atoms with van der Waals surface area (Å²) >= 11 is 1.25. The fourth-order valence-electron chi connectivity index (χ4n) is 3.21. The third kappa shape index (κ3) is 5.80. The number of benzene rings is 1. The number of hydrogen-bond acceptors (Lipinski definition) is 8. The number of nitrogens with one attached hydrogen (secondary N) is 1. The lowest BCUT2D eigenvalue weighted by Gasteiger charge is -2.10. The van der Waals surface area contributed by atoms with Gasteiger partial charge in [0.1, 0.15) is 5.82 Å². The molecule has 0 unspecified atom stereocenters. The largest absolute Gasteiger partial charge is 0.465 e. The highest BCUT2D eigenvalue weighted by atomic mass is 32.2. The number of esters is 2. The summed E-state index contributed by atoms with van der Waals surface area (Å²) in [6, 6.07) is 8.23. The van der Waals surface area contributed by atoms with Crippen LogP contribution in [0.2, 0.25) is 0 Å². The van der Waals surface area contributed by atoms with Crippen molar-refractivity contribution in [2.24, 2.45) is 7.05 Å². The van der Waals surface area contributed by atoms with Gasteiger partial charge < -0.3 is 23.9 Å². The maximum atomic E-state index is 12.6. The lowest BCUT2D eigenvalue weighted by Crippen LogP contribution is -2.16. The number of carbonyl (C=O) groups is 3. The van der Waals surface area contributed by atoms with E-state index < -0.39 is 11.9 Å². The Kier molecular flexibility index (Phi) is 7.88. The zero-order valence-corrected chi connectivity index (χ0v) is 19.6. The molecule has 174 valence electrons. The summed E-state index contributed by atoms with van der Waals surface area (Å²) in [6.45, 7) is 2.66. The van der Waals surface area contributed by atoms with E-state index in [9.17, 15) is 14.4 Å². The number of nitrogens with zero attached hydrogens (tertiary/aromatic N) is 4. The average molecular weight is 472 g/mol. The van der Waals surface area contributed by atoms with E-state index in [0.717, 1.165) is 11.5 Å². The summed E-state index contributed by atoms with van der Waals surface area (Å²) in [5.41, 5.74) is 1.64. The van der Waals surface area contributed by atoms with E-state index >= 15 is 0 Å². The van der Waals surface area contributed by atoms with Gasteiger partial charge in [-0.1, -0.05) is 11.8 Å². The fraction of sp³-hybridized carbons (Fsp3) is 0.318. The number of aryl methyl sites for hydroxylation is 1. The quantitative estimate of drug-likeness (QED) is 0.374. The first kappa shape index (κ1) is 24.1. The maximum Gasteiger partial charge on any atom is 0.337 e. The molecule has 0 aliphatic heterocycles. The van der Waals surface area contributed by atoms with E-state index in [1.807, 2.05) is 41.4 Å². The number of aromatic nitrogens is 4.